The molecule has 0 radical (unpaired) electrons. The quantitative estimate of drug-likeness (QED) is 0.0280. The molecule has 0 aliphatic rings. The van der Waals surface area contributed by atoms with Crippen molar-refractivity contribution >= 4 is 68.5 Å². The molecule has 70 heavy (non-hydrogen) atoms. The average Bonchev–Trinajstić information content (AvgIpc) is 3.25. The molecule has 3 rings (SSSR count). The van der Waals surface area contributed by atoms with Crippen molar-refractivity contribution in [1.82, 2.24) is 4.90 Å². The largest absolute Gasteiger partial charge is 0.453 e. The van der Waals surface area contributed by atoms with Crippen LogP contribution in [0.15, 0.2) is 66.7 Å². The summed E-state index contributed by atoms with van der Waals surface area (Å²) in [5, 5.41) is 45.3. The first-order chi connectivity index (χ1) is 33.2. The predicted octanol–water partition coefficient (Wildman–Crippen LogP) is 5.85. The number of carbonyl (C=O) groups excluding carboxylic acids is 3. The summed E-state index contributed by atoms with van der Waals surface area (Å²) in [5.41, 5.74) is 5.04. The third-order valence-corrected chi connectivity index (χ3v) is 22.2. The summed E-state index contributed by atoms with van der Waals surface area (Å²) < 4.78 is 46.6. The number of hydrogen-bond donors (Lipinski definition) is 7. The molecule has 4 amide bonds. The van der Waals surface area contributed by atoms with Gasteiger partial charge in [-0.2, -0.15) is 0 Å². The highest BCUT2D eigenvalue weighted by atomic mass is 28.4. The highest BCUT2D eigenvalue weighted by Gasteiger charge is 2.35. The van der Waals surface area contributed by atoms with Crippen molar-refractivity contribution < 1.29 is 71.5 Å². The second kappa shape index (κ2) is 30.7. The van der Waals surface area contributed by atoms with E-state index in [1.807, 2.05) is 54.6 Å². The molecule has 0 atom stereocenters. The summed E-state index contributed by atoms with van der Waals surface area (Å²) in [7, 11) is -8.62. The number of ether oxygens (including phenoxy) is 6. The lowest BCUT2D eigenvalue weighted by Crippen LogP contribution is -2.50. The van der Waals surface area contributed by atoms with E-state index in [0.29, 0.717) is 54.8 Å². The van der Waals surface area contributed by atoms with Crippen LogP contribution in [-0.2, 0) is 49.5 Å². The highest BCUT2D eigenvalue weighted by molar-refractivity contribution is 6.85. The Bertz CT molecular complexity index is 2040. The molecule has 0 unspecified atom stereocenters. The molecule has 0 saturated carbocycles. The second-order valence-electron chi connectivity index (χ2n) is 19.1. The Hall–Kier alpha value is -4.06. The Kier molecular flexibility index (Phi) is 26.5. The van der Waals surface area contributed by atoms with Crippen molar-refractivity contribution in [2.24, 2.45) is 0 Å². The van der Waals surface area contributed by atoms with Crippen LogP contribution < -0.4 is 16.0 Å². The molecule has 0 aromatic heterocycles. The molecule has 3 aromatic rings. The third kappa shape index (κ3) is 25.4. The number of amides is 4. The smallest absolute Gasteiger partial charge is 0.411 e. The van der Waals surface area contributed by atoms with E-state index in [1.54, 1.807) is 12.1 Å². The van der Waals surface area contributed by atoms with Crippen LogP contribution in [-0.4, -0.2) is 181 Å². The number of hydrogen-bond acceptors (Lipinski definition) is 15. The van der Waals surface area contributed by atoms with Gasteiger partial charge in [-0.1, -0.05) is 30.3 Å². The fourth-order valence-electron chi connectivity index (χ4n) is 7.50. The first-order valence-corrected chi connectivity index (χ1v) is 36.0. The van der Waals surface area contributed by atoms with Gasteiger partial charge in [-0.3, -0.25) is 10.6 Å². The van der Waals surface area contributed by atoms with E-state index in [-0.39, 0.29) is 79.2 Å². The van der Waals surface area contributed by atoms with Gasteiger partial charge >= 0.3 is 18.2 Å². The summed E-state index contributed by atoms with van der Waals surface area (Å²) in [6.45, 7) is 17.1. The molecule has 0 aliphatic heterocycles. The molecule has 0 aliphatic carbocycles. The number of benzene rings is 3. The normalized spacial score (nSPS) is 12.1. The molecule has 7 N–H and O–H groups in total. The van der Waals surface area contributed by atoms with Crippen molar-refractivity contribution in [1.29, 1.82) is 0 Å². The summed E-state index contributed by atoms with van der Waals surface area (Å²) in [6.07, 6.45) is 1.37. The Morgan fingerprint density at radius 1 is 0.457 bits per heavy atom. The topological polar surface area (TPSA) is 245 Å². The van der Waals surface area contributed by atoms with Gasteiger partial charge in [-0.05, 0) is 124 Å². The number of nitrogens with zero attached hydrogens (tertiary/aromatic N) is 1. The molecule has 19 nitrogen and oxygen atoms in total. The van der Waals surface area contributed by atoms with E-state index in [2.05, 4.69) is 68.3 Å². The van der Waals surface area contributed by atoms with Crippen molar-refractivity contribution in [2.45, 2.75) is 65.2 Å². The molecule has 0 fully saturated rings. The van der Waals surface area contributed by atoms with E-state index in [4.69, 9.17) is 46.9 Å². The maximum absolute atomic E-state index is 13.1. The Morgan fingerprint density at radius 3 is 1.23 bits per heavy atom. The van der Waals surface area contributed by atoms with E-state index >= 15 is 0 Å². The van der Waals surface area contributed by atoms with E-state index in [1.165, 1.54) is 4.90 Å². The molecule has 0 bridgehead atoms. The lowest BCUT2D eigenvalue weighted by molar-refractivity contribution is 0.0925. The molecule has 392 valence electrons. The minimum absolute atomic E-state index is 0.0169. The zero-order valence-corrected chi connectivity index (χ0v) is 46.3. The van der Waals surface area contributed by atoms with Gasteiger partial charge in [0.05, 0.1) is 77.8 Å². The molecule has 0 spiro atoms. The van der Waals surface area contributed by atoms with Gasteiger partial charge in [0.2, 0.25) is 0 Å². The first kappa shape index (κ1) is 60.2. The maximum Gasteiger partial charge on any atom is 0.411 e. The average molecular weight is 1050 g/mol. The van der Waals surface area contributed by atoms with Crippen molar-refractivity contribution in [3.05, 3.63) is 89.0 Å². The van der Waals surface area contributed by atoms with E-state index < -0.39 is 51.5 Å². The lowest BCUT2D eigenvalue weighted by Gasteiger charge is -2.33. The molecule has 0 saturated heterocycles. The number of rotatable bonds is 33. The maximum atomic E-state index is 13.1. The summed E-state index contributed by atoms with van der Waals surface area (Å²) in [5.74, 6) is 0. The number of carbonyl (C=O) groups is 3. The minimum Gasteiger partial charge on any atom is -0.453 e. The first-order valence-electron chi connectivity index (χ1n) is 23.5. The van der Waals surface area contributed by atoms with Crippen molar-refractivity contribution in [2.75, 3.05) is 120 Å². The van der Waals surface area contributed by atoms with Crippen LogP contribution in [0.25, 0.3) is 0 Å². The molecular formula is C47H78N4O15Si4. The standard InChI is InChI=1S/C47H78N4O15Si4/c1-67(2,34-59-21-19-54)65-69(5,6)36-61-23-25-63-46(57)49-43-14-10-12-39(31-43)28-41-29-40(27-38-11-9-13-42(30-38)48-45(56)51(15-17-52)16-18-53)32-44(33-41)50-47(58)64-26-24-62-37-70(7,8)66-68(3,4)35-60-22-20-55/h9-14,29-33,52-55H,15-28,34-37H2,1-8H3,(H,48,56)(H,49,57)(H,50,58). The SMILES string of the molecule is C[Si](C)(COCCO)O[Si](C)(C)COCCOC(=O)Nc1cccc(Cc2cc(Cc3cccc(NC(=O)N(CCO)CCO)c3)cc(NC(=O)OCCOC[Si](C)(C)O[Si](C)(C)COCCO)c2)c1. The van der Waals surface area contributed by atoms with Gasteiger partial charge in [-0.15, -0.1) is 0 Å². The molecular weight excluding hydrogens is 973 g/mol. The van der Waals surface area contributed by atoms with Crippen molar-refractivity contribution in [3.8, 4) is 0 Å². The van der Waals surface area contributed by atoms with Crippen LogP contribution in [0.5, 0.6) is 0 Å². The number of aliphatic hydroxyl groups excluding tert-OH is 4. The van der Waals surface area contributed by atoms with Crippen LogP contribution >= 0.6 is 0 Å². The molecule has 3 aromatic carbocycles. The van der Waals surface area contributed by atoms with E-state index in [9.17, 15) is 24.6 Å². The summed E-state index contributed by atoms with van der Waals surface area (Å²) >= 11 is 0. The summed E-state index contributed by atoms with van der Waals surface area (Å²) in [6, 6.07) is 20.0. The number of anilines is 3. The van der Waals surface area contributed by atoms with E-state index in [0.717, 1.165) is 22.3 Å². The lowest BCUT2D eigenvalue weighted by atomic mass is 9.98. The van der Waals surface area contributed by atoms with Crippen molar-refractivity contribution in [3.63, 3.8) is 0 Å². The van der Waals surface area contributed by atoms with Gasteiger partial charge < -0.3 is 67.3 Å². The van der Waals surface area contributed by atoms with Crippen LogP contribution in [0.4, 0.5) is 31.4 Å². The minimum atomic E-state index is -2.21. The van der Waals surface area contributed by atoms with Crippen LogP contribution in [0.2, 0.25) is 52.4 Å². The fraction of sp³-hybridized carbons (Fsp3) is 0.553. The molecule has 0 heterocycles. The van der Waals surface area contributed by atoms with Crippen LogP contribution in [0, 0.1) is 0 Å². The predicted molar refractivity (Wildman–Crippen MR) is 279 cm³/mol. The van der Waals surface area contributed by atoms with Gasteiger partial charge in [0, 0.05) is 30.2 Å². The van der Waals surface area contributed by atoms with Crippen LogP contribution in [0.3, 0.4) is 0 Å². The number of nitrogens with one attached hydrogen (secondary N) is 3. The second-order valence-corrected chi connectivity index (χ2v) is 35.9. The zero-order chi connectivity index (χ0) is 51.6. The monoisotopic (exact) mass is 1050 g/mol. The number of aliphatic hydroxyl groups is 4. The Morgan fingerprint density at radius 2 is 0.829 bits per heavy atom. The van der Waals surface area contributed by atoms with Gasteiger partial charge in [-0.25, -0.2) is 14.4 Å². The van der Waals surface area contributed by atoms with Gasteiger partial charge in [0.25, 0.3) is 0 Å². The van der Waals surface area contributed by atoms with Gasteiger partial charge in [0.15, 0.2) is 33.3 Å². The number of urea groups is 1. The Labute approximate surface area is 417 Å². The van der Waals surface area contributed by atoms with Crippen LogP contribution in [0.1, 0.15) is 22.3 Å². The Balaban J connectivity index is 1.67. The third-order valence-electron chi connectivity index (χ3n) is 9.79. The van der Waals surface area contributed by atoms with Gasteiger partial charge in [0.1, 0.15) is 13.2 Å². The summed E-state index contributed by atoms with van der Waals surface area (Å²) in [4.78, 5) is 40.1. The highest BCUT2D eigenvalue weighted by Crippen LogP contribution is 2.24. The zero-order valence-electron chi connectivity index (χ0n) is 42.3. The molecule has 23 heteroatoms. The fourth-order valence-corrected chi connectivity index (χ4v) is 23.0.